The maximum Gasteiger partial charge on any atom is 0.417 e. The van der Waals surface area contributed by atoms with Crippen LogP contribution in [0.2, 0.25) is 10.0 Å². The van der Waals surface area contributed by atoms with Gasteiger partial charge < -0.3 is 15.6 Å². The third-order valence-electron chi connectivity index (χ3n) is 3.31. The number of nitrogens with one attached hydrogen (secondary N) is 1. The van der Waals surface area contributed by atoms with Gasteiger partial charge in [0.05, 0.1) is 28.8 Å². The lowest BCUT2D eigenvalue weighted by Crippen LogP contribution is -2.21. The summed E-state index contributed by atoms with van der Waals surface area (Å²) < 4.78 is 4.79. The van der Waals surface area contributed by atoms with E-state index in [1.807, 2.05) is 0 Å². The zero-order chi connectivity index (χ0) is 19.1. The average molecular weight is 393 g/mol. The van der Waals surface area contributed by atoms with Gasteiger partial charge in [-0.15, -0.1) is 0 Å². The van der Waals surface area contributed by atoms with Crippen LogP contribution in [0.15, 0.2) is 36.7 Å². The summed E-state index contributed by atoms with van der Waals surface area (Å²) in [7, 11) is 0. The molecule has 0 radical (unpaired) electrons. The summed E-state index contributed by atoms with van der Waals surface area (Å²) in [4.78, 5) is 30.7. The van der Waals surface area contributed by atoms with E-state index < -0.39 is 11.9 Å². The number of carbonyl (C=O) groups excluding carboxylic acids is 2. The summed E-state index contributed by atoms with van der Waals surface area (Å²) >= 11 is 11.9. The second-order valence-electron chi connectivity index (χ2n) is 5.07. The van der Waals surface area contributed by atoms with E-state index in [4.69, 9.17) is 33.5 Å². The molecular weight excluding hydrogens is 379 g/mol. The number of carbonyl (C=O) groups is 2. The van der Waals surface area contributed by atoms with Crippen molar-refractivity contribution < 1.29 is 19.1 Å². The Kier molecular flexibility index (Phi) is 6.86. The van der Waals surface area contributed by atoms with Gasteiger partial charge in [-0.2, -0.15) is 4.79 Å². The highest BCUT2D eigenvalue weighted by Crippen LogP contribution is 2.29. The maximum absolute atomic E-state index is 12.3. The Hall–Kier alpha value is -2.73. The molecule has 1 N–H and O–H groups in total. The standard InChI is InChI=1S/C17H14Cl2N4O3/c1-2-26-17(25)14(23-20)7-10-3-5-11(6-4-10)16(24)22-15-12(18)8-21-9-13(15)19/h3-6,8-9H,2,7H2,1H3,(H,21,22,24). The van der Waals surface area contributed by atoms with Gasteiger partial charge in [0.1, 0.15) is 0 Å². The van der Waals surface area contributed by atoms with E-state index in [9.17, 15) is 9.59 Å². The van der Waals surface area contributed by atoms with Crippen LogP contribution in [0.25, 0.3) is 5.53 Å². The molecule has 134 valence electrons. The van der Waals surface area contributed by atoms with E-state index in [1.165, 1.54) is 12.4 Å². The predicted molar refractivity (Wildman–Crippen MR) is 97.6 cm³/mol. The largest absolute Gasteiger partial charge is 0.457 e. The molecule has 0 fully saturated rings. The van der Waals surface area contributed by atoms with Gasteiger partial charge in [0.25, 0.3) is 5.91 Å². The fourth-order valence-corrected chi connectivity index (χ4v) is 2.51. The number of benzene rings is 1. The summed E-state index contributed by atoms with van der Waals surface area (Å²) in [5, 5.41) is 3.07. The highest BCUT2D eigenvalue weighted by atomic mass is 35.5. The van der Waals surface area contributed by atoms with Crippen molar-refractivity contribution in [3.8, 4) is 0 Å². The maximum atomic E-state index is 12.3. The SMILES string of the molecule is CCOC(=O)C(Cc1ccc(C(=O)Nc2c(Cl)cncc2Cl)cc1)=[N+]=[N-]. The van der Waals surface area contributed by atoms with Gasteiger partial charge in [-0.25, -0.2) is 4.79 Å². The Bertz CT molecular complexity index is 858. The molecule has 1 heterocycles. The van der Waals surface area contributed by atoms with Gasteiger partial charge >= 0.3 is 11.7 Å². The van der Waals surface area contributed by atoms with E-state index in [0.717, 1.165) is 0 Å². The highest BCUT2D eigenvalue weighted by Gasteiger charge is 2.22. The molecular formula is C17H14Cl2N4O3. The number of pyridine rings is 1. The monoisotopic (exact) mass is 392 g/mol. The first-order valence-electron chi connectivity index (χ1n) is 7.53. The van der Waals surface area contributed by atoms with E-state index in [-0.39, 0.29) is 34.5 Å². The second-order valence-corrected chi connectivity index (χ2v) is 5.89. The number of ether oxygens (including phenoxy) is 1. The lowest BCUT2D eigenvalue weighted by atomic mass is 10.1. The van der Waals surface area contributed by atoms with Gasteiger partial charge in [0.2, 0.25) is 0 Å². The van der Waals surface area contributed by atoms with E-state index in [2.05, 4.69) is 15.1 Å². The summed E-state index contributed by atoms with van der Waals surface area (Å²) in [5.74, 6) is -1.10. The van der Waals surface area contributed by atoms with Crippen LogP contribution in [0.4, 0.5) is 5.69 Å². The Balaban J connectivity index is 2.10. The number of rotatable bonds is 6. The van der Waals surface area contributed by atoms with Crippen LogP contribution >= 0.6 is 23.2 Å². The van der Waals surface area contributed by atoms with Crippen LogP contribution in [0.1, 0.15) is 22.8 Å². The van der Waals surface area contributed by atoms with Crippen molar-refractivity contribution in [2.24, 2.45) is 0 Å². The molecule has 1 aromatic carbocycles. The van der Waals surface area contributed by atoms with Gasteiger partial charge in [-0.3, -0.25) is 9.78 Å². The smallest absolute Gasteiger partial charge is 0.417 e. The van der Waals surface area contributed by atoms with Crippen LogP contribution < -0.4 is 5.32 Å². The van der Waals surface area contributed by atoms with Crippen LogP contribution in [-0.4, -0.2) is 34.0 Å². The summed E-state index contributed by atoms with van der Waals surface area (Å²) in [6.07, 6.45) is 2.81. The van der Waals surface area contributed by atoms with Crippen molar-refractivity contribution in [1.82, 2.24) is 4.98 Å². The van der Waals surface area contributed by atoms with Crippen LogP contribution in [-0.2, 0) is 16.0 Å². The summed E-state index contributed by atoms with van der Waals surface area (Å²) in [5.41, 5.74) is 10.1. The minimum Gasteiger partial charge on any atom is -0.457 e. The Morgan fingerprint density at radius 2 is 1.81 bits per heavy atom. The average Bonchev–Trinajstić information content (AvgIpc) is 2.63. The highest BCUT2D eigenvalue weighted by molar-refractivity contribution is 6.39. The molecule has 0 unspecified atom stereocenters. The minimum atomic E-state index is -0.696. The quantitative estimate of drug-likeness (QED) is 0.351. The number of hydrogen-bond acceptors (Lipinski definition) is 4. The predicted octanol–water partition coefficient (Wildman–Crippen LogP) is 3.42. The molecule has 0 spiro atoms. The summed E-state index contributed by atoms with van der Waals surface area (Å²) in [6.45, 7) is 1.83. The third-order valence-corrected chi connectivity index (χ3v) is 3.88. The summed E-state index contributed by atoms with van der Waals surface area (Å²) in [6, 6.07) is 6.39. The molecule has 0 atom stereocenters. The van der Waals surface area contributed by atoms with Crippen molar-refractivity contribution in [2.45, 2.75) is 13.3 Å². The van der Waals surface area contributed by atoms with Crippen molar-refractivity contribution in [3.63, 3.8) is 0 Å². The van der Waals surface area contributed by atoms with E-state index in [1.54, 1.807) is 31.2 Å². The fraction of sp³-hybridized carbons (Fsp3) is 0.176. The first kappa shape index (κ1) is 19.6. The number of halogens is 2. The van der Waals surface area contributed by atoms with Gasteiger partial charge in [0, 0.05) is 18.0 Å². The molecule has 7 nitrogen and oxygen atoms in total. The number of aromatic nitrogens is 1. The topological polar surface area (TPSA) is 105 Å². The molecule has 1 aromatic heterocycles. The van der Waals surface area contributed by atoms with Crippen LogP contribution in [0.3, 0.4) is 0 Å². The lowest BCUT2D eigenvalue weighted by molar-refractivity contribution is -0.140. The molecule has 2 aromatic rings. The minimum absolute atomic E-state index is 0.0687. The van der Waals surface area contributed by atoms with Gasteiger partial charge in [0.15, 0.2) is 0 Å². The van der Waals surface area contributed by atoms with E-state index in [0.29, 0.717) is 11.1 Å². The number of nitrogens with zero attached hydrogens (tertiary/aromatic N) is 3. The fourth-order valence-electron chi connectivity index (χ4n) is 2.05. The molecule has 9 heteroatoms. The number of amides is 1. The number of esters is 1. The lowest BCUT2D eigenvalue weighted by Gasteiger charge is -2.09. The molecule has 0 bridgehead atoms. The van der Waals surface area contributed by atoms with E-state index >= 15 is 0 Å². The van der Waals surface area contributed by atoms with Crippen molar-refractivity contribution in [1.29, 1.82) is 0 Å². The number of hydrogen-bond donors (Lipinski definition) is 1. The molecule has 26 heavy (non-hydrogen) atoms. The van der Waals surface area contributed by atoms with Crippen molar-refractivity contribution in [3.05, 3.63) is 63.4 Å². The van der Waals surface area contributed by atoms with Crippen LogP contribution in [0, 0.1) is 0 Å². The Morgan fingerprint density at radius 1 is 1.19 bits per heavy atom. The molecule has 0 aliphatic carbocycles. The van der Waals surface area contributed by atoms with Crippen LogP contribution in [0.5, 0.6) is 0 Å². The molecule has 0 aliphatic rings. The molecule has 2 rings (SSSR count). The molecule has 0 saturated heterocycles. The van der Waals surface area contributed by atoms with Gasteiger partial charge in [-0.1, -0.05) is 35.3 Å². The molecule has 0 saturated carbocycles. The first-order valence-corrected chi connectivity index (χ1v) is 8.29. The molecule has 0 aliphatic heterocycles. The third kappa shape index (κ3) is 4.89. The second kappa shape index (κ2) is 9.10. The van der Waals surface area contributed by atoms with Crippen molar-refractivity contribution in [2.75, 3.05) is 11.9 Å². The zero-order valence-electron chi connectivity index (χ0n) is 13.7. The zero-order valence-corrected chi connectivity index (χ0v) is 15.2. The normalized spacial score (nSPS) is 9.96. The Morgan fingerprint density at radius 3 is 2.35 bits per heavy atom. The van der Waals surface area contributed by atoms with Crippen molar-refractivity contribution >= 4 is 46.5 Å². The molecule has 1 amide bonds. The van der Waals surface area contributed by atoms with Gasteiger partial charge in [-0.05, 0) is 24.6 Å². The number of anilines is 1. The first-order chi connectivity index (χ1) is 12.5. The Labute approximate surface area is 159 Å².